The summed E-state index contributed by atoms with van der Waals surface area (Å²) >= 11 is 7.89. The summed E-state index contributed by atoms with van der Waals surface area (Å²) in [5.74, 6) is -0.0160. The molecule has 0 saturated carbocycles. The number of amides is 1. The lowest BCUT2D eigenvalue weighted by Gasteiger charge is -2.20. The highest BCUT2D eigenvalue weighted by atomic mass is 35.5. The van der Waals surface area contributed by atoms with Crippen molar-refractivity contribution in [3.05, 3.63) is 57.4 Å². The smallest absolute Gasteiger partial charge is 0.220 e. The Labute approximate surface area is 149 Å². The lowest BCUT2D eigenvalue weighted by atomic mass is 10.0. The van der Waals surface area contributed by atoms with Crippen molar-refractivity contribution in [2.75, 3.05) is 0 Å². The van der Waals surface area contributed by atoms with Gasteiger partial charge in [-0.25, -0.2) is 0 Å². The number of fused-ring (bicyclic) bond motifs is 1. The van der Waals surface area contributed by atoms with Gasteiger partial charge in [0.15, 0.2) is 0 Å². The van der Waals surface area contributed by atoms with E-state index in [-0.39, 0.29) is 11.7 Å². The first-order chi connectivity index (χ1) is 11.6. The van der Waals surface area contributed by atoms with Gasteiger partial charge in [0.1, 0.15) is 11.3 Å². The van der Waals surface area contributed by atoms with E-state index in [1.165, 1.54) is 11.3 Å². The third kappa shape index (κ3) is 3.23. The Kier molecular flexibility index (Phi) is 5.02. The van der Waals surface area contributed by atoms with E-state index in [9.17, 15) is 9.90 Å². The SMILES string of the molecule is CCCC(=O)N[C@@H](c1cccs1)c1cc(Cl)c2cccnc2c1O. The zero-order valence-electron chi connectivity index (χ0n) is 13.1. The van der Waals surface area contributed by atoms with E-state index in [4.69, 9.17) is 11.6 Å². The molecule has 6 heteroatoms. The highest BCUT2D eigenvalue weighted by molar-refractivity contribution is 7.10. The van der Waals surface area contributed by atoms with Gasteiger partial charge in [0, 0.05) is 28.4 Å². The molecule has 0 aliphatic heterocycles. The van der Waals surface area contributed by atoms with E-state index in [1.807, 2.05) is 30.5 Å². The molecule has 0 aliphatic rings. The van der Waals surface area contributed by atoms with E-state index in [2.05, 4.69) is 10.3 Å². The predicted octanol–water partition coefficient (Wildman–Crippen LogP) is 4.66. The number of benzene rings is 1. The Balaban J connectivity index is 2.12. The van der Waals surface area contributed by atoms with E-state index < -0.39 is 6.04 Å². The summed E-state index contributed by atoms with van der Waals surface area (Å²) < 4.78 is 0. The number of pyridine rings is 1. The number of phenols is 1. The van der Waals surface area contributed by atoms with Crippen molar-refractivity contribution >= 4 is 39.7 Å². The summed E-state index contributed by atoms with van der Waals surface area (Å²) in [6.45, 7) is 1.95. The van der Waals surface area contributed by atoms with Crippen molar-refractivity contribution in [1.82, 2.24) is 10.3 Å². The lowest BCUT2D eigenvalue weighted by molar-refractivity contribution is -0.121. The van der Waals surface area contributed by atoms with Crippen LogP contribution in [-0.4, -0.2) is 16.0 Å². The van der Waals surface area contributed by atoms with Crippen LogP contribution in [0.4, 0.5) is 0 Å². The van der Waals surface area contributed by atoms with Crippen molar-refractivity contribution in [3.8, 4) is 5.75 Å². The number of hydrogen-bond donors (Lipinski definition) is 2. The molecule has 0 spiro atoms. The largest absolute Gasteiger partial charge is 0.505 e. The van der Waals surface area contributed by atoms with Gasteiger partial charge in [-0.2, -0.15) is 0 Å². The molecule has 24 heavy (non-hydrogen) atoms. The van der Waals surface area contributed by atoms with Crippen LogP contribution in [0.15, 0.2) is 41.9 Å². The summed E-state index contributed by atoms with van der Waals surface area (Å²) in [6.07, 6.45) is 2.80. The number of nitrogens with zero attached hydrogens (tertiary/aromatic N) is 1. The normalized spacial score (nSPS) is 12.2. The number of aromatic nitrogens is 1. The molecule has 0 saturated heterocycles. The van der Waals surface area contributed by atoms with Crippen molar-refractivity contribution in [1.29, 1.82) is 0 Å². The molecule has 1 aromatic carbocycles. The maximum atomic E-state index is 12.1. The van der Waals surface area contributed by atoms with Crippen LogP contribution >= 0.6 is 22.9 Å². The number of halogens is 1. The Bertz CT molecular complexity index is 865. The monoisotopic (exact) mass is 360 g/mol. The van der Waals surface area contributed by atoms with Gasteiger partial charge in [-0.05, 0) is 36.1 Å². The molecule has 3 aromatic rings. The Morgan fingerprint density at radius 2 is 2.25 bits per heavy atom. The van der Waals surface area contributed by atoms with Gasteiger partial charge in [0.05, 0.1) is 11.1 Å². The average molecular weight is 361 g/mol. The zero-order valence-corrected chi connectivity index (χ0v) is 14.7. The number of carbonyl (C=O) groups excluding carboxylic acids is 1. The van der Waals surface area contributed by atoms with Gasteiger partial charge in [0.25, 0.3) is 0 Å². The van der Waals surface area contributed by atoms with Crippen LogP contribution in [0.25, 0.3) is 10.9 Å². The zero-order chi connectivity index (χ0) is 17.1. The van der Waals surface area contributed by atoms with Crippen LogP contribution in [0, 0.1) is 0 Å². The molecule has 3 rings (SSSR count). The minimum atomic E-state index is -0.451. The first-order valence-electron chi connectivity index (χ1n) is 7.70. The lowest BCUT2D eigenvalue weighted by Crippen LogP contribution is -2.28. The average Bonchev–Trinajstić information content (AvgIpc) is 3.11. The van der Waals surface area contributed by atoms with Crippen molar-refractivity contribution < 1.29 is 9.90 Å². The number of aromatic hydroxyl groups is 1. The van der Waals surface area contributed by atoms with E-state index in [1.54, 1.807) is 18.3 Å². The van der Waals surface area contributed by atoms with Gasteiger partial charge in [-0.3, -0.25) is 9.78 Å². The van der Waals surface area contributed by atoms with Gasteiger partial charge in [-0.15, -0.1) is 11.3 Å². The number of thiophene rings is 1. The molecule has 2 heterocycles. The summed E-state index contributed by atoms with van der Waals surface area (Å²) in [5.41, 5.74) is 0.990. The Morgan fingerprint density at radius 1 is 1.42 bits per heavy atom. The number of carbonyl (C=O) groups is 1. The predicted molar refractivity (Wildman–Crippen MR) is 97.6 cm³/mol. The van der Waals surface area contributed by atoms with Crippen molar-refractivity contribution in [2.45, 2.75) is 25.8 Å². The van der Waals surface area contributed by atoms with Crippen molar-refractivity contribution in [3.63, 3.8) is 0 Å². The number of phenolic OH excluding ortho intramolecular Hbond substituents is 1. The highest BCUT2D eigenvalue weighted by Gasteiger charge is 2.23. The molecule has 2 N–H and O–H groups in total. The van der Waals surface area contributed by atoms with Crippen LogP contribution in [0.3, 0.4) is 0 Å². The maximum absolute atomic E-state index is 12.1. The number of rotatable bonds is 5. The third-order valence-electron chi connectivity index (χ3n) is 3.77. The number of hydrogen-bond acceptors (Lipinski definition) is 4. The van der Waals surface area contributed by atoms with E-state index in [0.29, 0.717) is 27.9 Å². The molecule has 0 unspecified atom stereocenters. The molecule has 1 atom stereocenters. The fourth-order valence-corrected chi connectivity index (χ4v) is 3.71. The third-order valence-corrected chi connectivity index (χ3v) is 5.02. The van der Waals surface area contributed by atoms with E-state index >= 15 is 0 Å². The van der Waals surface area contributed by atoms with Gasteiger partial charge in [0.2, 0.25) is 5.91 Å². The first kappa shape index (κ1) is 16.7. The molecule has 0 aliphatic carbocycles. The molecule has 124 valence electrons. The summed E-state index contributed by atoms with van der Waals surface area (Å²) in [7, 11) is 0. The molecule has 1 amide bonds. The second kappa shape index (κ2) is 7.20. The number of nitrogens with one attached hydrogen (secondary N) is 1. The molecule has 4 nitrogen and oxygen atoms in total. The minimum absolute atomic E-state index is 0.0465. The van der Waals surface area contributed by atoms with Crippen LogP contribution in [0.5, 0.6) is 5.75 Å². The van der Waals surface area contributed by atoms with Crippen LogP contribution in [0.1, 0.15) is 36.2 Å². The van der Waals surface area contributed by atoms with Crippen LogP contribution in [-0.2, 0) is 4.79 Å². The molecule has 0 bridgehead atoms. The summed E-state index contributed by atoms with van der Waals surface area (Å²) in [6, 6.07) is 8.68. The Hall–Kier alpha value is -2.11. The fraction of sp³-hybridized carbons (Fsp3) is 0.222. The quantitative estimate of drug-likeness (QED) is 0.695. The summed E-state index contributed by atoms with van der Waals surface area (Å²) in [5, 5.41) is 16.8. The Morgan fingerprint density at radius 3 is 2.96 bits per heavy atom. The molecule has 2 aromatic heterocycles. The van der Waals surface area contributed by atoms with Gasteiger partial charge < -0.3 is 10.4 Å². The maximum Gasteiger partial charge on any atom is 0.220 e. The minimum Gasteiger partial charge on any atom is -0.505 e. The van der Waals surface area contributed by atoms with Crippen LogP contribution < -0.4 is 5.32 Å². The highest BCUT2D eigenvalue weighted by Crippen LogP contribution is 2.39. The van der Waals surface area contributed by atoms with Crippen LogP contribution in [0.2, 0.25) is 5.02 Å². The molecular formula is C18H17ClN2O2S. The van der Waals surface area contributed by atoms with Crippen molar-refractivity contribution in [2.24, 2.45) is 0 Å². The molecule has 0 fully saturated rings. The van der Waals surface area contributed by atoms with Gasteiger partial charge in [-0.1, -0.05) is 24.6 Å². The summed E-state index contributed by atoms with van der Waals surface area (Å²) in [4.78, 5) is 17.3. The topological polar surface area (TPSA) is 62.2 Å². The first-order valence-corrected chi connectivity index (χ1v) is 8.96. The molecular weight excluding hydrogens is 344 g/mol. The van der Waals surface area contributed by atoms with Gasteiger partial charge >= 0.3 is 0 Å². The second-order valence-corrected chi connectivity index (χ2v) is 6.85. The molecule has 0 radical (unpaired) electrons. The second-order valence-electron chi connectivity index (χ2n) is 5.46. The standard InChI is InChI=1S/C18H17ClN2O2S/c1-2-5-15(22)21-16(14-7-4-9-24-14)12-10-13(19)11-6-3-8-20-17(11)18(12)23/h3-4,6-10,16,23H,2,5H2,1H3,(H,21,22)/t16-/m1/s1. The van der Waals surface area contributed by atoms with E-state index in [0.717, 1.165) is 11.3 Å². The fourth-order valence-electron chi connectivity index (χ4n) is 2.64.